The molecule has 0 saturated heterocycles. The summed E-state index contributed by atoms with van der Waals surface area (Å²) in [5.74, 6) is 0. The summed E-state index contributed by atoms with van der Waals surface area (Å²) >= 11 is 0. The van der Waals surface area contributed by atoms with Gasteiger partial charge in [0.15, 0.2) is 0 Å². The van der Waals surface area contributed by atoms with Gasteiger partial charge in [-0.3, -0.25) is 0 Å². The molecule has 4 heteroatoms. The molecule has 1 aromatic rings. The van der Waals surface area contributed by atoms with Crippen LogP contribution in [0.25, 0.3) is 0 Å². The molecule has 1 aromatic carbocycles. The van der Waals surface area contributed by atoms with Crippen molar-refractivity contribution in [2.45, 2.75) is 19.4 Å². The highest BCUT2D eigenvalue weighted by Gasteiger charge is 2.20. The number of aliphatic hydroxyl groups is 1. The van der Waals surface area contributed by atoms with Crippen molar-refractivity contribution >= 4 is 5.69 Å². The fraction of sp³-hybridized carbons (Fsp3) is 0.500. The van der Waals surface area contributed by atoms with Gasteiger partial charge in [0.2, 0.25) is 0 Å². The molecule has 1 rings (SSSR count). The number of benzene rings is 1. The third-order valence-electron chi connectivity index (χ3n) is 2.68. The summed E-state index contributed by atoms with van der Waals surface area (Å²) in [4.78, 5) is 1.95. The minimum absolute atomic E-state index is 0.469. The largest absolute Gasteiger partial charge is 0.387 e. The van der Waals surface area contributed by atoms with Crippen LogP contribution >= 0.6 is 0 Å². The zero-order valence-electron chi connectivity index (χ0n) is 11.5. The molecule has 0 heterocycles. The predicted octanol–water partition coefficient (Wildman–Crippen LogP) is 1.59. The highest BCUT2D eigenvalue weighted by atomic mass is 16.3. The SMILES string of the molecule is Cc1cc(NCC(C)(O)CN(C)C)ccc1C#N. The second-order valence-electron chi connectivity index (χ2n) is 5.23. The molecule has 0 aliphatic carbocycles. The molecule has 0 saturated carbocycles. The van der Waals surface area contributed by atoms with Gasteiger partial charge in [-0.2, -0.15) is 5.26 Å². The molecule has 0 aliphatic heterocycles. The van der Waals surface area contributed by atoms with E-state index in [9.17, 15) is 5.11 Å². The Morgan fingerprint density at radius 3 is 2.61 bits per heavy atom. The molecular formula is C14H21N3O. The first kappa shape index (κ1) is 14.5. The second-order valence-corrected chi connectivity index (χ2v) is 5.23. The van der Waals surface area contributed by atoms with Crippen LogP contribution in [0.3, 0.4) is 0 Å². The van der Waals surface area contributed by atoms with Crippen molar-refractivity contribution in [3.8, 4) is 6.07 Å². The standard InChI is InChI=1S/C14H21N3O/c1-11-7-13(6-5-12(11)8-15)16-9-14(2,18)10-17(3)4/h5-7,16,18H,9-10H2,1-4H3. The van der Waals surface area contributed by atoms with Crippen LogP contribution in [-0.2, 0) is 0 Å². The minimum atomic E-state index is -0.786. The van der Waals surface area contributed by atoms with E-state index in [1.165, 1.54) is 0 Å². The number of nitrogens with one attached hydrogen (secondary N) is 1. The molecule has 0 aromatic heterocycles. The van der Waals surface area contributed by atoms with E-state index in [1.54, 1.807) is 13.0 Å². The van der Waals surface area contributed by atoms with Gasteiger partial charge in [0.25, 0.3) is 0 Å². The van der Waals surface area contributed by atoms with Gasteiger partial charge in [-0.05, 0) is 51.7 Å². The van der Waals surface area contributed by atoms with Gasteiger partial charge in [0.05, 0.1) is 17.2 Å². The molecule has 0 bridgehead atoms. The lowest BCUT2D eigenvalue weighted by molar-refractivity contribution is 0.0460. The Hall–Kier alpha value is -1.57. The Morgan fingerprint density at radius 2 is 2.11 bits per heavy atom. The molecule has 1 atom stereocenters. The van der Waals surface area contributed by atoms with Crippen LogP contribution in [0.1, 0.15) is 18.1 Å². The lowest BCUT2D eigenvalue weighted by Crippen LogP contribution is -2.43. The first-order chi connectivity index (χ1) is 8.34. The molecule has 0 radical (unpaired) electrons. The first-order valence-electron chi connectivity index (χ1n) is 5.96. The average molecular weight is 247 g/mol. The quantitative estimate of drug-likeness (QED) is 0.829. The fourth-order valence-corrected chi connectivity index (χ4v) is 1.93. The number of rotatable bonds is 5. The maximum Gasteiger partial charge on any atom is 0.0994 e. The molecule has 0 aliphatic rings. The van der Waals surface area contributed by atoms with Gasteiger partial charge in [-0.25, -0.2) is 0 Å². The third-order valence-corrected chi connectivity index (χ3v) is 2.68. The summed E-state index contributed by atoms with van der Waals surface area (Å²) in [6, 6.07) is 7.71. The van der Waals surface area contributed by atoms with Crippen molar-refractivity contribution < 1.29 is 5.11 Å². The smallest absolute Gasteiger partial charge is 0.0994 e. The number of nitrogens with zero attached hydrogens (tertiary/aromatic N) is 2. The summed E-state index contributed by atoms with van der Waals surface area (Å²) in [5, 5.41) is 22.2. The highest BCUT2D eigenvalue weighted by Crippen LogP contribution is 2.15. The Balaban J connectivity index is 2.64. The number of aryl methyl sites for hydroxylation is 1. The van der Waals surface area contributed by atoms with Crippen LogP contribution in [0.2, 0.25) is 0 Å². The fourth-order valence-electron chi connectivity index (χ4n) is 1.93. The van der Waals surface area contributed by atoms with Crippen molar-refractivity contribution in [2.75, 3.05) is 32.5 Å². The minimum Gasteiger partial charge on any atom is -0.387 e. The maximum atomic E-state index is 10.2. The van der Waals surface area contributed by atoms with Gasteiger partial charge in [-0.15, -0.1) is 0 Å². The van der Waals surface area contributed by atoms with Gasteiger partial charge < -0.3 is 15.3 Å². The molecule has 98 valence electrons. The van der Waals surface area contributed by atoms with Crippen LogP contribution in [0.4, 0.5) is 5.69 Å². The van der Waals surface area contributed by atoms with Crippen LogP contribution in [0, 0.1) is 18.3 Å². The Kier molecular flexibility index (Phi) is 4.71. The van der Waals surface area contributed by atoms with Crippen LogP contribution < -0.4 is 5.32 Å². The second kappa shape index (κ2) is 5.85. The van der Waals surface area contributed by atoms with E-state index in [0.29, 0.717) is 18.7 Å². The van der Waals surface area contributed by atoms with Crippen LogP contribution in [0.15, 0.2) is 18.2 Å². The maximum absolute atomic E-state index is 10.2. The number of hydrogen-bond donors (Lipinski definition) is 2. The van der Waals surface area contributed by atoms with E-state index in [-0.39, 0.29) is 0 Å². The zero-order valence-corrected chi connectivity index (χ0v) is 11.5. The number of hydrogen-bond acceptors (Lipinski definition) is 4. The normalized spacial score (nSPS) is 14.1. The number of nitriles is 1. The third kappa shape index (κ3) is 4.36. The molecule has 1 unspecified atom stereocenters. The van der Waals surface area contributed by atoms with E-state index in [4.69, 9.17) is 5.26 Å². The van der Waals surface area contributed by atoms with Crippen molar-refractivity contribution in [2.24, 2.45) is 0 Å². The molecule has 0 amide bonds. The molecule has 0 fully saturated rings. The van der Waals surface area contributed by atoms with Crippen molar-refractivity contribution in [1.82, 2.24) is 4.90 Å². The summed E-state index contributed by atoms with van der Waals surface area (Å²) < 4.78 is 0. The van der Waals surface area contributed by atoms with E-state index in [0.717, 1.165) is 11.3 Å². The summed E-state index contributed by atoms with van der Waals surface area (Å²) in [6.45, 7) is 4.77. The first-order valence-corrected chi connectivity index (χ1v) is 5.96. The van der Waals surface area contributed by atoms with Gasteiger partial charge in [0, 0.05) is 18.8 Å². The van der Waals surface area contributed by atoms with E-state index in [1.807, 2.05) is 38.1 Å². The van der Waals surface area contributed by atoms with Crippen molar-refractivity contribution in [1.29, 1.82) is 5.26 Å². The van der Waals surface area contributed by atoms with Crippen molar-refractivity contribution in [3.05, 3.63) is 29.3 Å². The molecular weight excluding hydrogens is 226 g/mol. The predicted molar refractivity (Wildman–Crippen MR) is 73.6 cm³/mol. The summed E-state index contributed by atoms with van der Waals surface area (Å²) in [5.41, 5.74) is 1.76. The van der Waals surface area contributed by atoms with Gasteiger partial charge >= 0.3 is 0 Å². The lowest BCUT2D eigenvalue weighted by Gasteiger charge is -2.27. The zero-order chi connectivity index (χ0) is 13.8. The van der Waals surface area contributed by atoms with Gasteiger partial charge in [-0.1, -0.05) is 0 Å². The lowest BCUT2D eigenvalue weighted by atomic mass is 10.1. The van der Waals surface area contributed by atoms with E-state index >= 15 is 0 Å². The Labute approximate surface area is 109 Å². The Bertz CT molecular complexity index is 447. The van der Waals surface area contributed by atoms with E-state index < -0.39 is 5.60 Å². The molecule has 18 heavy (non-hydrogen) atoms. The number of likely N-dealkylation sites (N-methyl/N-ethyl adjacent to an activating group) is 1. The molecule has 2 N–H and O–H groups in total. The van der Waals surface area contributed by atoms with E-state index in [2.05, 4.69) is 11.4 Å². The summed E-state index contributed by atoms with van der Waals surface area (Å²) in [7, 11) is 3.86. The number of anilines is 1. The molecule has 0 spiro atoms. The van der Waals surface area contributed by atoms with Gasteiger partial charge in [0.1, 0.15) is 0 Å². The van der Waals surface area contributed by atoms with Crippen LogP contribution in [0.5, 0.6) is 0 Å². The van der Waals surface area contributed by atoms with Crippen LogP contribution in [-0.4, -0.2) is 42.8 Å². The monoisotopic (exact) mass is 247 g/mol. The Morgan fingerprint density at radius 1 is 1.44 bits per heavy atom. The summed E-state index contributed by atoms with van der Waals surface area (Å²) in [6.07, 6.45) is 0. The molecule has 4 nitrogen and oxygen atoms in total. The van der Waals surface area contributed by atoms with Crippen molar-refractivity contribution in [3.63, 3.8) is 0 Å². The topological polar surface area (TPSA) is 59.3 Å². The highest BCUT2D eigenvalue weighted by molar-refractivity contribution is 5.51. The average Bonchev–Trinajstić information content (AvgIpc) is 2.25.